The smallest absolute Gasteiger partial charge is 0.253 e. The summed E-state index contributed by atoms with van der Waals surface area (Å²) < 4.78 is 15.4. The van der Waals surface area contributed by atoms with Crippen LogP contribution in [0.1, 0.15) is 10.4 Å². The highest BCUT2D eigenvalue weighted by molar-refractivity contribution is 5.94. The lowest BCUT2D eigenvalue weighted by Gasteiger charge is -2.32. The topological polar surface area (TPSA) is 53.7 Å². The summed E-state index contributed by atoms with van der Waals surface area (Å²) in [6.07, 6.45) is 5.61. The maximum absolute atomic E-state index is 13.3. The van der Waals surface area contributed by atoms with Crippen LogP contribution >= 0.6 is 0 Å². The molecule has 0 radical (unpaired) electrons. The van der Waals surface area contributed by atoms with Gasteiger partial charge in [0.15, 0.2) is 0 Å². The van der Waals surface area contributed by atoms with Crippen LogP contribution in [0.15, 0.2) is 91.4 Å². The Bertz CT molecular complexity index is 1570. The number of amides is 1. The van der Waals surface area contributed by atoms with Gasteiger partial charge in [-0.1, -0.05) is 12.1 Å². The Morgan fingerprint density at radius 3 is 2.27 bits per heavy atom. The fourth-order valence-corrected chi connectivity index (χ4v) is 4.74. The first-order chi connectivity index (χ1) is 18.0. The lowest BCUT2D eigenvalue weighted by Crippen LogP contribution is -2.47. The second-order valence-corrected chi connectivity index (χ2v) is 9.40. The van der Waals surface area contributed by atoms with Gasteiger partial charge in [0.2, 0.25) is 0 Å². The first kappa shape index (κ1) is 23.1. The van der Waals surface area contributed by atoms with Crippen LogP contribution in [0.3, 0.4) is 0 Å². The third kappa shape index (κ3) is 4.61. The van der Waals surface area contributed by atoms with Crippen LogP contribution in [-0.2, 0) is 0 Å². The third-order valence-corrected chi connectivity index (χ3v) is 6.96. The summed E-state index contributed by atoms with van der Waals surface area (Å²) in [4.78, 5) is 26.1. The van der Waals surface area contributed by atoms with Gasteiger partial charge in [-0.15, -0.1) is 0 Å². The van der Waals surface area contributed by atoms with Gasteiger partial charge < -0.3 is 9.80 Å². The molecule has 0 N–H and O–H groups in total. The number of pyridine rings is 2. The first-order valence-corrected chi connectivity index (χ1v) is 12.3. The number of hydrogen-bond acceptors (Lipinski definition) is 4. The van der Waals surface area contributed by atoms with Crippen molar-refractivity contribution in [1.29, 1.82) is 0 Å². The molecule has 0 aliphatic carbocycles. The molecule has 6 rings (SSSR count). The number of hydrogen-bond donors (Lipinski definition) is 0. The van der Waals surface area contributed by atoms with E-state index in [-0.39, 0.29) is 11.7 Å². The summed E-state index contributed by atoms with van der Waals surface area (Å²) in [6, 6.07) is 22.2. The third-order valence-electron chi connectivity index (χ3n) is 6.96. The molecule has 6 nitrogen and oxygen atoms in total. The minimum atomic E-state index is -0.270. The second kappa shape index (κ2) is 9.59. The molecule has 0 spiro atoms. The molecular formula is C30H26FN5O. The largest absolute Gasteiger partial charge is 0.336 e. The predicted octanol–water partition coefficient (Wildman–Crippen LogP) is 5.26. The molecule has 1 aliphatic heterocycles. The monoisotopic (exact) mass is 491 g/mol. The Kier molecular flexibility index (Phi) is 5.98. The Balaban J connectivity index is 1.25. The fourth-order valence-electron chi connectivity index (χ4n) is 4.74. The number of benzene rings is 2. The van der Waals surface area contributed by atoms with Gasteiger partial charge in [0.05, 0.1) is 17.6 Å². The zero-order chi connectivity index (χ0) is 25.4. The molecule has 5 aromatic rings. The molecule has 7 heteroatoms. The molecule has 0 saturated carbocycles. The van der Waals surface area contributed by atoms with Crippen molar-refractivity contribution in [1.82, 2.24) is 24.2 Å². The number of nitrogens with zero attached hydrogens (tertiary/aromatic N) is 5. The number of piperazine rings is 1. The van der Waals surface area contributed by atoms with Gasteiger partial charge in [0.1, 0.15) is 11.5 Å². The number of carbonyl (C=O) groups is 1. The molecule has 4 heterocycles. The quantitative estimate of drug-likeness (QED) is 0.344. The van der Waals surface area contributed by atoms with Crippen molar-refractivity contribution in [3.8, 4) is 33.6 Å². The van der Waals surface area contributed by atoms with Gasteiger partial charge >= 0.3 is 0 Å². The summed E-state index contributed by atoms with van der Waals surface area (Å²) in [7, 11) is 2.08. The predicted molar refractivity (Wildman–Crippen MR) is 143 cm³/mol. The van der Waals surface area contributed by atoms with Crippen LogP contribution < -0.4 is 0 Å². The molecular weight excluding hydrogens is 465 g/mol. The van der Waals surface area contributed by atoms with Crippen molar-refractivity contribution in [2.45, 2.75) is 0 Å². The average molecular weight is 492 g/mol. The molecule has 1 fully saturated rings. The van der Waals surface area contributed by atoms with Gasteiger partial charge in [0, 0.05) is 55.3 Å². The highest BCUT2D eigenvalue weighted by atomic mass is 19.1. The van der Waals surface area contributed by atoms with E-state index in [9.17, 15) is 9.18 Å². The van der Waals surface area contributed by atoms with Crippen molar-refractivity contribution in [3.05, 3.63) is 103 Å². The fraction of sp³-hybridized carbons (Fsp3) is 0.167. The Labute approximate surface area is 214 Å². The van der Waals surface area contributed by atoms with Crippen LogP contribution in [0, 0.1) is 5.82 Å². The Hall–Kier alpha value is -4.36. The summed E-state index contributed by atoms with van der Waals surface area (Å²) in [6.45, 7) is 3.34. The summed E-state index contributed by atoms with van der Waals surface area (Å²) in [5.41, 5.74) is 7.15. The number of fused-ring (bicyclic) bond motifs is 1. The number of halogens is 1. The maximum Gasteiger partial charge on any atom is 0.253 e. The minimum Gasteiger partial charge on any atom is -0.336 e. The molecule has 184 valence electrons. The number of rotatable bonds is 4. The van der Waals surface area contributed by atoms with Crippen LogP contribution in [0.2, 0.25) is 0 Å². The SMILES string of the molecule is CN1CCN(C(=O)c2ccc(-c3ccn4c(-c5ccnc(-c6ccc(F)cc6)c5)cnc4c3)cc2)CC1. The lowest BCUT2D eigenvalue weighted by molar-refractivity contribution is 0.0664. The van der Waals surface area contributed by atoms with Gasteiger partial charge in [-0.3, -0.25) is 14.2 Å². The van der Waals surface area contributed by atoms with Crippen molar-refractivity contribution < 1.29 is 9.18 Å². The number of carbonyl (C=O) groups excluding carboxylic acids is 1. The van der Waals surface area contributed by atoms with E-state index in [1.165, 1.54) is 12.1 Å². The van der Waals surface area contributed by atoms with Gasteiger partial charge in [-0.25, -0.2) is 9.37 Å². The number of imidazole rings is 1. The lowest BCUT2D eigenvalue weighted by atomic mass is 10.0. The van der Waals surface area contributed by atoms with E-state index in [1.54, 1.807) is 18.3 Å². The Morgan fingerprint density at radius 1 is 0.784 bits per heavy atom. The van der Waals surface area contributed by atoms with Gasteiger partial charge in [0.25, 0.3) is 5.91 Å². The maximum atomic E-state index is 13.3. The zero-order valence-corrected chi connectivity index (χ0v) is 20.5. The summed E-state index contributed by atoms with van der Waals surface area (Å²) in [5.74, 6) is -0.181. The van der Waals surface area contributed by atoms with E-state index in [0.717, 1.165) is 65.5 Å². The normalized spacial score (nSPS) is 14.3. The Morgan fingerprint density at radius 2 is 1.51 bits per heavy atom. The van der Waals surface area contributed by atoms with Crippen molar-refractivity contribution in [3.63, 3.8) is 0 Å². The molecule has 0 atom stereocenters. The van der Waals surface area contributed by atoms with E-state index in [4.69, 9.17) is 0 Å². The summed E-state index contributed by atoms with van der Waals surface area (Å²) >= 11 is 0. The van der Waals surface area contributed by atoms with Gasteiger partial charge in [-0.2, -0.15) is 0 Å². The van der Waals surface area contributed by atoms with E-state index in [1.807, 2.05) is 64.2 Å². The number of aromatic nitrogens is 3. The van der Waals surface area contributed by atoms with E-state index in [0.29, 0.717) is 5.56 Å². The molecule has 0 unspecified atom stereocenters. The molecule has 0 bridgehead atoms. The average Bonchev–Trinajstić information content (AvgIpc) is 3.37. The van der Waals surface area contributed by atoms with Crippen molar-refractivity contribution >= 4 is 11.6 Å². The number of likely N-dealkylation sites (N-methyl/N-ethyl adjacent to an activating group) is 1. The molecule has 1 aliphatic rings. The molecule has 1 saturated heterocycles. The zero-order valence-electron chi connectivity index (χ0n) is 20.5. The van der Waals surface area contributed by atoms with Crippen LogP contribution in [-0.4, -0.2) is 63.3 Å². The van der Waals surface area contributed by atoms with Crippen molar-refractivity contribution in [2.75, 3.05) is 33.2 Å². The van der Waals surface area contributed by atoms with E-state index < -0.39 is 0 Å². The summed E-state index contributed by atoms with van der Waals surface area (Å²) in [5, 5.41) is 0. The van der Waals surface area contributed by atoms with E-state index >= 15 is 0 Å². The van der Waals surface area contributed by atoms with Crippen LogP contribution in [0.4, 0.5) is 4.39 Å². The van der Waals surface area contributed by atoms with Crippen LogP contribution in [0.5, 0.6) is 0 Å². The molecule has 37 heavy (non-hydrogen) atoms. The standard InChI is InChI=1S/C30H26FN5O/c1-34-14-16-35(17-15-34)30(37)23-4-2-21(3-5-23)24-11-13-36-28(20-33-29(36)19-24)25-10-12-32-27(18-25)22-6-8-26(31)9-7-22/h2-13,18-20H,14-17H2,1H3. The molecule has 3 aromatic heterocycles. The van der Waals surface area contributed by atoms with Crippen LogP contribution in [0.25, 0.3) is 39.3 Å². The highest BCUT2D eigenvalue weighted by Gasteiger charge is 2.20. The highest BCUT2D eigenvalue weighted by Crippen LogP contribution is 2.28. The minimum absolute atomic E-state index is 0.0883. The second-order valence-electron chi connectivity index (χ2n) is 9.40. The van der Waals surface area contributed by atoms with E-state index in [2.05, 4.69) is 28.0 Å². The molecule has 2 aromatic carbocycles. The van der Waals surface area contributed by atoms with Crippen molar-refractivity contribution in [2.24, 2.45) is 0 Å². The van der Waals surface area contributed by atoms with Gasteiger partial charge in [-0.05, 0) is 78.8 Å². The molecule has 1 amide bonds. The first-order valence-electron chi connectivity index (χ1n) is 12.3.